The minimum absolute atomic E-state index is 0.103. The largest absolute Gasteiger partial charge is 0.371 e. The Morgan fingerprint density at radius 3 is 2.61 bits per heavy atom. The molecule has 1 aliphatic heterocycles. The van der Waals surface area contributed by atoms with Crippen molar-refractivity contribution in [1.82, 2.24) is 10.2 Å². The van der Waals surface area contributed by atoms with Crippen LogP contribution >= 0.6 is 0 Å². The molecule has 0 aromatic rings. The molecule has 1 atom stereocenters. The molecule has 1 aliphatic rings. The minimum atomic E-state index is 0.103. The van der Waals surface area contributed by atoms with Gasteiger partial charge in [-0.3, -0.25) is 0 Å². The normalized spacial score (nSPS) is 23.2. The molecule has 3 nitrogen and oxygen atoms in total. The molecule has 0 aliphatic carbocycles. The molecule has 0 amide bonds. The summed E-state index contributed by atoms with van der Waals surface area (Å²) < 4.78 is 5.95. The molecule has 18 heavy (non-hydrogen) atoms. The highest BCUT2D eigenvalue weighted by atomic mass is 16.5. The smallest absolute Gasteiger partial charge is 0.0707 e. The molecule has 108 valence electrons. The van der Waals surface area contributed by atoms with E-state index in [4.69, 9.17) is 4.74 Å². The van der Waals surface area contributed by atoms with Gasteiger partial charge in [0.1, 0.15) is 0 Å². The Morgan fingerprint density at radius 2 is 2.06 bits per heavy atom. The summed E-state index contributed by atoms with van der Waals surface area (Å²) in [7, 11) is 2.20. The molecule has 0 saturated carbocycles. The second-order valence-corrected chi connectivity index (χ2v) is 6.52. The van der Waals surface area contributed by atoms with Crippen molar-refractivity contribution in [3.63, 3.8) is 0 Å². The van der Waals surface area contributed by atoms with E-state index >= 15 is 0 Å². The highest BCUT2D eigenvalue weighted by Gasteiger charge is 2.30. The Hall–Kier alpha value is -0.120. The van der Waals surface area contributed by atoms with Gasteiger partial charge in [0.25, 0.3) is 0 Å². The predicted octanol–water partition coefficient (Wildman–Crippen LogP) is 2.65. The van der Waals surface area contributed by atoms with Gasteiger partial charge >= 0.3 is 0 Å². The van der Waals surface area contributed by atoms with Gasteiger partial charge in [-0.1, -0.05) is 0 Å². The third-order valence-corrected chi connectivity index (χ3v) is 3.92. The molecular formula is C15H32N2O. The fourth-order valence-electron chi connectivity index (χ4n) is 2.35. The van der Waals surface area contributed by atoms with E-state index in [9.17, 15) is 0 Å². The summed E-state index contributed by atoms with van der Waals surface area (Å²) in [6.45, 7) is 12.2. The van der Waals surface area contributed by atoms with Crippen LogP contribution in [0.3, 0.4) is 0 Å². The van der Waals surface area contributed by atoms with E-state index in [2.05, 4.69) is 45.0 Å². The average Bonchev–Trinajstić information content (AvgIpc) is 2.62. The van der Waals surface area contributed by atoms with Gasteiger partial charge in [0.2, 0.25) is 0 Å². The Morgan fingerprint density at radius 1 is 1.33 bits per heavy atom. The van der Waals surface area contributed by atoms with Gasteiger partial charge < -0.3 is 15.0 Å². The molecule has 3 heteroatoms. The van der Waals surface area contributed by atoms with Gasteiger partial charge in [0.15, 0.2) is 0 Å². The van der Waals surface area contributed by atoms with E-state index in [1.165, 1.54) is 32.2 Å². The summed E-state index contributed by atoms with van der Waals surface area (Å²) in [5, 5.41) is 3.52. The van der Waals surface area contributed by atoms with E-state index in [0.717, 1.165) is 13.1 Å². The quantitative estimate of drug-likeness (QED) is 0.676. The summed E-state index contributed by atoms with van der Waals surface area (Å²) in [6.07, 6.45) is 5.36. The standard InChI is InChI=1S/C15H32N2O/c1-13(2)17(5)11-7-6-10-16-12-14-8-9-15(3,4)18-14/h13-14,16H,6-12H2,1-5H3. The number of unbranched alkanes of at least 4 members (excludes halogenated alkanes) is 1. The molecule has 0 radical (unpaired) electrons. The Bertz CT molecular complexity index is 229. The first-order valence-corrected chi connectivity index (χ1v) is 7.49. The van der Waals surface area contributed by atoms with Gasteiger partial charge in [-0.05, 0) is 73.5 Å². The highest BCUT2D eigenvalue weighted by Crippen LogP contribution is 2.28. The number of hydrogen-bond acceptors (Lipinski definition) is 3. The monoisotopic (exact) mass is 256 g/mol. The number of rotatable bonds is 8. The molecule has 1 saturated heterocycles. The van der Waals surface area contributed by atoms with Crippen LogP contribution in [0.5, 0.6) is 0 Å². The van der Waals surface area contributed by atoms with Gasteiger partial charge in [0, 0.05) is 12.6 Å². The van der Waals surface area contributed by atoms with Crippen molar-refractivity contribution in [1.29, 1.82) is 0 Å². The van der Waals surface area contributed by atoms with Gasteiger partial charge in [0.05, 0.1) is 11.7 Å². The fourth-order valence-corrected chi connectivity index (χ4v) is 2.35. The van der Waals surface area contributed by atoms with Gasteiger partial charge in [-0.2, -0.15) is 0 Å². The zero-order valence-electron chi connectivity index (χ0n) is 13.0. The minimum Gasteiger partial charge on any atom is -0.371 e. The maximum absolute atomic E-state index is 5.95. The van der Waals surface area contributed by atoms with Crippen molar-refractivity contribution in [2.24, 2.45) is 0 Å². The third kappa shape index (κ3) is 6.17. The van der Waals surface area contributed by atoms with Crippen LogP contribution in [0.4, 0.5) is 0 Å². The molecule has 1 fully saturated rings. The third-order valence-electron chi connectivity index (χ3n) is 3.92. The molecule has 1 N–H and O–H groups in total. The zero-order valence-corrected chi connectivity index (χ0v) is 13.0. The molecule has 0 aromatic carbocycles. The van der Waals surface area contributed by atoms with Gasteiger partial charge in [-0.15, -0.1) is 0 Å². The molecule has 0 aromatic heterocycles. The van der Waals surface area contributed by atoms with E-state index in [-0.39, 0.29) is 5.60 Å². The van der Waals surface area contributed by atoms with Crippen molar-refractivity contribution in [3.8, 4) is 0 Å². The molecule has 1 unspecified atom stereocenters. The Balaban J connectivity index is 1.93. The van der Waals surface area contributed by atoms with Crippen LogP contribution in [0, 0.1) is 0 Å². The lowest BCUT2D eigenvalue weighted by Gasteiger charge is -2.21. The number of nitrogens with one attached hydrogen (secondary N) is 1. The highest BCUT2D eigenvalue weighted by molar-refractivity contribution is 4.81. The van der Waals surface area contributed by atoms with E-state index in [1.807, 2.05) is 0 Å². The van der Waals surface area contributed by atoms with Crippen molar-refractivity contribution >= 4 is 0 Å². The van der Waals surface area contributed by atoms with Crippen LogP contribution in [-0.2, 0) is 4.74 Å². The number of ether oxygens (including phenoxy) is 1. The topological polar surface area (TPSA) is 24.5 Å². The van der Waals surface area contributed by atoms with Gasteiger partial charge in [-0.25, -0.2) is 0 Å². The van der Waals surface area contributed by atoms with Crippen molar-refractivity contribution in [3.05, 3.63) is 0 Å². The Labute approximate surface area is 113 Å². The maximum atomic E-state index is 5.95. The van der Waals surface area contributed by atoms with Crippen molar-refractivity contribution < 1.29 is 4.74 Å². The summed E-state index contributed by atoms with van der Waals surface area (Å²) in [5.74, 6) is 0. The van der Waals surface area contributed by atoms with Crippen LogP contribution in [-0.4, -0.2) is 49.3 Å². The van der Waals surface area contributed by atoms with Crippen molar-refractivity contribution in [2.45, 2.75) is 71.1 Å². The predicted molar refractivity (Wildman–Crippen MR) is 78.1 cm³/mol. The lowest BCUT2D eigenvalue weighted by molar-refractivity contribution is -0.0141. The summed E-state index contributed by atoms with van der Waals surface area (Å²) in [4.78, 5) is 2.41. The SMILES string of the molecule is CC(C)N(C)CCCCNCC1CCC(C)(C)O1. The molecule has 1 rings (SSSR count). The second-order valence-electron chi connectivity index (χ2n) is 6.52. The zero-order chi connectivity index (χ0) is 13.6. The summed E-state index contributed by atoms with van der Waals surface area (Å²) >= 11 is 0. The second kappa shape index (κ2) is 7.46. The first-order chi connectivity index (χ1) is 8.41. The molecule has 1 heterocycles. The maximum Gasteiger partial charge on any atom is 0.0707 e. The lowest BCUT2D eigenvalue weighted by atomic mass is 10.1. The van der Waals surface area contributed by atoms with E-state index < -0.39 is 0 Å². The van der Waals surface area contributed by atoms with Crippen LogP contribution < -0.4 is 5.32 Å². The summed E-state index contributed by atoms with van der Waals surface area (Å²) in [5.41, 5.74) is 0.103. The molecule has 0 spiro atoms. The molecule has 0 bridgehead atoms. The fraction of sp³-hybridized carbons (Fsp3) is 1.00. The Kier molecular flexibility index (Phi) is 6.61. The number of nitrogens with zero attached hydrogens (tertiary/aromatic N) is 1. The first kappa shape index (κ1) is 15.9. The van der Waals surface area contributed by atoms with Crippen LogP contribution in [0.25, 0.3) is 0 Å². The average molecular weight is 256 g/mol. The van der Waals surface area contributed by atoms with Crippen LogP contribution in [0.1, 0.15) is 53.4 Å². The van der Waals surface area contributed by atoms with Crippen LogP contribution in [0.15, 0.2) is 0 Å². The number of hydrogen-bond donors (Lipinski definition) is 1. The van der Waals surface area contributed by atoms with Crippen LogP contribution in [0.2, 0.25) is 0 Å². The van der Waals surface area contributed by atoms with E-state index in [1.54, 1.807) is 0 Å². The lowest BCUT2D eigenvalue weighted by Crippen LogP contribution is -2.31. The summed E-state index contributed by atoms with van der Waals surface area (Å²) in [6, 6.07) is 0.659. The first-order valence-electron chi connectivity index (χ1n) is 7.49. The van der Waals surface area contributed by atoms with Crippen molar-refractivity contribution in [2.75, 3.05) is 26.7 Å². The molecular weight excluding hydrogens is 224 g/mol. The van der Waals surface area contributed by atoms with E-state index in [0.29, 0.717) is 12.1 Å².